The van der Waals surface area contributed by atoms with Crippen molar-refractivity contribution >= 4 is 27.5 Å². The molecule has 2 aliphatic heterocycles. The second kappa shape index (κ2) is 5.49. The molecule has 1 N–H and O–H groups in total. The lowest BCUT2D eigenvalue weighted by Crippen LogP contribution is -2.34. The van der Waals surface area contributed by atoms with Crippen LogP contribution in [0.25, 0.3) is 0 Å². The molecule has 2 saturated heterocycles. The average molecular weight is 330 g/mol. The lowest BCUT2D eigenvalue weighted by Gasteiger charge is -2.24. The number of likely N-dealkylation sites (tertiary alicyclic amines) is 1. The van der Waals surface area contributed by atoms with E-state index in [0.29, 0.717) is 6.04 Å². The number of nitrogens with zero attached hydrogens (tertiary/aromatic N) is 1. The molecule has 0 radical (unpaired) electrons. The van der Waals surface area contributed by atoms with E-state index >= 15 is 0 Å². The summed E-state index contributed by atoms with van der Waals surface area (Å²) in [7, 11) is 0. The molecule has 0 aromatic heterocycles. The van der Waals surface area contributed by atoms with Gasteiger partial charge in [0, 0.05) is 36.2 Å². The molecular weight excluding hydrogens is 312 g/mol. The minimum absolute atomic E-state index is 0.702. The predicted molar refractivity (Wildman–Crippen MR) is 79.0 cm³/mol. The Morgan fingerprint density at radius 2 is 2.11 bits per heavy atom. The van der Waals surface area contributed by atoms with Gasteiger partial charge in [-0.2, -0.15) is 0 Å². The van der Waals surface area contributed by atoms with Crippen molar-refractivity contribution in [2.24, 2.45) is 0 Å². The molecule has 2 nitrogen and oxygen atoms in total. The van der Waals surface area contributed by atoms with E-state index in [9.17, 15) is 0 Å². The molecular formula is C14H18BrClN2. The minimum Gasteiger partial charge on any atom is -0.310 e. The molecule has 0 saturated carbocycles. The maximum absolute atomic E-state index is 6.03. The summed E-state index contributed by atoms with van der Waals surface area (Å²) < 4.78 is 0.996. The number of hydrogen-bond donors (Lipinski definition) is 1. The zero-order valence-corrected chi connectivity index (χ0v) is 12.7. The van der Waals surface area contributed by atoms with Crippen LogP contribution in [0.1, 0.15) is 24.8 Å². The van der Waals surface area contributed by atoms with Crippen LogP contribution in [0.3, 0.4) is 0 Å². The van der Waals surface area contributed by atoms with Crippen LogP contribution in [0.15, 0.2) is 22.7 Å². The number of benzene rings is 1. The fourth-order valence-corrected chi connectivity index (χ4v) is 3.60. The molecule has 2 heterocycles. The molecule has 2 aliphatic rings. The van der Waals surface area contributed by atoms with Gasteiger partial charge in [-0.1, -0.05) is 17.7 Å². The third-order valence-electron chi connectivity index (χ3n) is 4.00. The van der Waals surface area contributed by atoms with Crippen LogP contribution < -0.4 is 5.32 Å². The maximum Gasteiger partial charge on any atom is 0.0548 e. The molecule has 4 heteroatoms. The summed E-state index contributed by atoms with van der Waals surface area (Å²) in [6.45, 7) is 3.41. The molecule has 3 rings (SSSR count). The van der Waals surface area contributed by atoms with Crippen molar-refractivity contribution in [2.75, 3.05) is 13.1 Å². The van der Waals surface area contributed by atoms with Crippen molar-refractivity contribution in [3.05, 3.63) is 33.3 Å². The van der Waals surface area contributed by atoms with Gasteiger partial charge in [-0.15, -0.1) is 0 Å². The van der Waals surface area contributed by atoms with Crippen LogP contribution in [0.5, 0.6) is 0 Å². The molecule has 18 heavy (non-hydrogen) atoms. The van der Waals surface area contributed by atoms with Crippen molar-refractivity contribution in [1.29, 1.82) is 0 Å². The van der Waals surface area contributed by atoms with Gasteiger partial charge in [0.05, 0.1) is 5.02 Å². The number of hydrogen-bond acceptors (Lipinski definition) is 2. The van der Waals surface area contributed by atoms with Crippen LogP contribution in [0.4, 0.5) is 0 Å². The molecule has 2 atom stereocenters. The summed E-state index contributed by atoms with van der Waals surface area (Å²) in [6, 6.07) is 7.70. The van der Waals surface area contributed by atoms with Gasteiger partial charge in [0.2, 0.25) is 0 Å². The normalized spacial score (nSPS) is 28.3. The zero-order valence-electron chi connectivity index (χ0n) is 10.3. The maximum atomic E-state index is 6.03. The lowest BCUT2D eigenvalue weighted by molar-refractivity contribution is 0.251. The second-order valence-corrected chi connectivity index (χ2v) is 6.67. The van der Waals surface area contributed by atoms with Crippen molar-refractivity contribution in [2.45, 2.75) is 37.9 Å². The van der Waals surface area contributed by atoms with Gasteiger partial charge in [-0.3, -0.25) is 4.90 Å². The molecule has 2 unspecified atom stereocenters. The summed E-state index contributed by atoms with van der Waals surface area (Å²) in [5.74, 6) is 0. The Labute approximate surface area is 122 Å². The van der Waals surface area contributed by atoms with E-state index in [1.165, 1.54) is 37.9 Å². The molecule has 0 aliphatic carbocycles. The van der Waals surface area contributed by atoms with E-state index in [-0.39, 0.29) is 0 Å². The standard InChI is InChI=1S/C14H18BrClN2/c15-13-7-10(1-4-14(13)16)8-18-6-5-11-2-3-12(9-18)17-11/h1,4,7,11-12,17H,2-3,5-6,8-9H2. The molecule has 2 fully saturated rings. The van der Waals surface area contributed by atoms with E-state index in [1.54, 1.807) is 0 Å². The highest BCUT2D eigenvalue weighted by molar-refractivity contribution is 9.10. The zero-order chi connectivity index (χ0) is 12.5. The van der Waals surface area contributed by atoms with Gasteiger partial charge in [0.25, 0.3) is 0 Å². The summed E-state index contributed by atoms with van der Waals surface area (Å²) in [5, 5.41) is 4.50. The quantitative estimate of drug-likeness (QED) is 0.894. The van der Waals surface area contributed by atoms with Crippen LogP contribution in [-0.2, 0) is 6.54 Å². The van der Waals surface area contributed by atoms with Crippen molar-refractivity contribution in [1.82, 2.24) is 10.2 Å². The first-order chi connectivity index (χ1) is 8.70. The fraction of sp³-hybridized carbons (Fsp3) is 0.571. The number of nitrogens with one attached hydrogen (secondary N) is 1. The third-order valence-corrected chi connectivity index (χ3v) is 5.21. The first kappa shape index (κ1) is 12.9. The van der Waals surface area contributed by atoms with Gasteiger partial charge in [0.15, 0.2) is 0 Å². The van der Waals surface area contributed by atoms with Crippen LogP contribution in [-0.4, -0.2) is 30.1 Å². The van der Waals surface area contributed by atoms with Gasteiger partial charge < -0.3 is 5.32 Å². The summed E-state index contributed by atoms with van der Waals surface area (Å²) in [6.07, 6.45) is 3.99. The lowest BCUT2D eigenvalue weighted by atomic mass is 10.1. The van der Waals surface area contributed by atoms with Gasteiger partial charge in [0.1, 0.15) is 0 Å². The van der Waals surface area contributed by atoms with E-state index in [2.05, 4.69) is 38.3 Å². The Kier molecular flexibility index (Phi) is 3.94. The highest BCUT2D eigenvalue weighted by atomic mass is 79.9. The number of rotatable bonds is 2. The average Bonchev–Trinajstić information content (AvgIpc) is 2.68. The second-order valence-electron chi connectivity index (χ2n) is 5.41. The Bertz CT molecular complexity index is 438. The van der Waals surface area contributed by atoms with Crippen LogP contribution in [0, 0.1) is 0 Å². The molecule has 0 amide bonds. The summed E-state index contributed by atoms with van der Waals surface area (Å²) >= 11 is 9.53. The molecule has 0 spiro atoms. The number of halogens is 2. The van der Waals surface area contributed by atoms with Crippen LogP contribution in [0.2, 0.25) is 5.02 Å². The van der Waals surface area contributed by atoms with Gasteiger partial charge in [-0.25, -0.2) is 0 Å². The van der Waals surface area contributed by atoms with Crippen molar-refractivity contribution in [3.8, 4) is 0 Å². The van der Waals surface area contributed by atoms with Gasteiger partial charge in [-0.05, 0) is 52.9 Å². The largest absolute Gasteiger partial charge is 0.310 e. The Hall–Kier alpha value is -0.0900. The molecule has 1 aromatic rings. The Balaban J connectivity index is 1.66. The number of fused-ring (bicyclic) bond motifs is 2. The van der Waals surface area contributed by atoms with Crippen molar-refractivity contribution < 1.29 is 0 Å². The Morgan fingerprint density at radius 3 is 2.94 bits per heavy atom. The van der Waals surface area contributed by atoms with E-state index in [1.807, 2.05) is 6.07 Å². The SMILES string of the molecule is Clc1ccc(CN2CCC3CCC(C2)N3)cc1Br. The smallest absolute Gasteiger partial charge is 0.0548 e. The Morgan fingerprint density at radius 1 is 1.28 bits per heavy atom. The summed E-state index contributed by atoms with van der Waals surface area (Å²) in [4.78, 5) is 2.56. The highest BCUT2D eigenvalue weighted by Gasteiger charge is 2.28. The van der Waals surface area contributed by atoms with Gasteiger partial charge >= 0.3 is 0 Å². The van der Waals surface area contributed by atoms with Crippen LogP contribution >= 0.6 is 27.5 Å². The topological polar surface area (TPSA) is 15.3 Å². The van der Waals surface area contributed by atoms with E-state index < -0.39 is 0 Å². The summed E-state index contributed by atoms with van der Waals surface area (Å²) in [5.41, 5.74) is 1.34. The van der Waals surface area contributed by atoms with E-state index in [0.717, 1.165) is 22.1 Å². The molecule has 1 aromatic carbocycles. The first-order valence-corrected chi connectivity index (χ1v) is 7.80. The first-order valence-electron chi connectivity index (χ1n) is 6.63. The minimum atomic E-state index is 0.702. The van der Waals surface area contributed by atoms with Crippen molar-refractivity contribution in [3.63, 3.8) is 0 Å². The fourth-order valence-electron chi connectivity index (χ4n) is 3.06. The third kappa shape index (κ3) is 2.90. The monoisotopic (exact) mass is 328 g/mol. The predicted octanol–water partition coefficient (Wildman–Crippen LogP) is 3.43. The molecule has 2 bridgehead atoms. The van der Waals surface area contributed by atoms with E-state index in [4.69, 9.17) is 11.6 Å². The molecule has 98 valence electrons. The highest BCUT2D eigenvalue weighted by Crippen LogP contribution is 2.25.